The minimum absolute atomic E-state index is 0. The smallest absolute Gasteiger partial charge is 0.193 e. The summed E-state index contributed by atoms with van der Waals surface area (Å²) in [4.78, 5) is 6.86. The first-order chi connectivity index (χ1) is 11.7. The monoisotopic (exact) mass is 461 g/mol. The third kappa shape index (κ3) is 7.54. The Morgan fingerprint density at radius 3 is 2.60 bits per heavy atom. The minimum Gasteiger partial charge on any atom is -0.356 e. The number of nitrogens with zero attached hydrogens (tertiary/aromatic N) is 4. The Kier molecular flexibility index (Phi) is 11.2. The lowest BCUT2D eigenvalue weighted by Crippen LogP contribution is -2.40. The van der Waals surface area contributed by atoms with Gasteiger partial charge in [-0.3, -0.25) is 9.67 Å². The number of aliphatic imine (C=N–C) groups is 1. The van der Waals surface area contributed by atoms with Crippen molar-refractivity contribution in [2.75, 3.05) is 26.7 Å². The van der Waals surface area contributed by atoms with Crippen LogP contribution in [-0.4, -0.2) is 47.3 Å². The number of hydrogen-bond donors (Lipinski definition) is 1. The highest BCUT2D eigenvalue weighted by Gasteiger charge is 2.26. The highest BCUT2D eigenvalue weighted by Crippen LogP contribution is 2.26. The van der Waals surface area contributed by atoms with Crippen LogP contribution >= 0.6 is 24.0 Å². The third-order valence-corrected chi connectivity index (χ3v) is 4.96. The molecule has 1 N–H and O–H groups in total. The van der Waals surface area contributed by atoms with E-state index < -0.39 is 0 Å². The molecule has 1 aromatic rings. The zero-order valence-electron chi connectivity index (χ0n) is 16.2. The first-order valence-corrected chi connectivity index (χ1v) is 9.68. The summed E-state index contributed by atoms with van der Waals surface area (Å²) >= 11 is 0. The second-order valence-corrected chi connectivity index (χ2v) is 6.97. The van der Waals surface area contributed by atoms with Crippen LogP contribution in [0, 0.1) is 0 Å². The van der Waals surface area contributed by atoms with E-state index in [4.69, 9.17) is 0 Å². The van der Waals surface area contributed by atoms with E-state index in [-0.39, 0.29) is 24.0 Å². The number of aryl methyl sites for hydroxylation is 1. The van der Waals surface area contributed by atoms with E-state index in [0.29, 0.717) is 5.92 Å². The predicted octanol–water partition coefficient (Wildman–Crippen LogP) is 4.15. The molecule has 0 aromatic carbocycles. The van der Waals surface area contributed by atoms with E-state index in [0.717, 1.165) is 25.6 Å². The van der Waals surface area contributed by atoms with Crippen molar-refractivity contribution in [1.29, 1.82) is 0 Å². The summed E-state index contributed by atoms with van der Waals surface area (Å²) in [6, 6.07) is 0. The van der Waals surface area contributed by atoms with Crippen LogP contribution in [0.3, 0.4) is 0 Å². The van der Waals surface area contributed by atoms with Gasteiger partial charge in [-0.25, -0.2) is 0 Å². The zero-order valence-corrected chi connectivity index (χ0v) is 18.5. The largest absolute Gasteiger partial charge is 0.356 e. The molecule has 6 heteroatoms. The molecule has 0 saturated carbocycles. The normalized spacial score (nSPS) is 17.6. The van der Waals surface area contributed by atoms with Gasteiger partial charge in [-0.1, -0.05) is 45.4 Å². The molecule has 25 heavy (non-hydrogen) atoms. The van der Waals surface area contributed by atoms with Gasteiger partial charge in [0.15, 0.2) is 5.96 Å². The van der Waals surface area contributed by atoms with E-state index in [1.54, 1.807) is 0 Å². The Morgan fingerprint density at radius 2 is 1.96 bits per heavy atom. The quantitative estimate of drug-likeness (QED) is 0.260. The van der Waals surface area contributed by atoms with Crippen molar-refractivity contribution >= 4 is 29.9 Å². The molecule has 2 heterocycles. The Labute approximate surface area is 170 Å². The van der Waals surface area contributed by atoms with Crippen molar-refractivity contribution in [1.82, 2.24) is 20.0 Å². The average molecular weight is 461 g/mol. The molecule has 144 valence electrons. The maximum Gasteiger partial charge on any atom is 0.193 e. The molecule has 1 unspecified atom stereocenters. The number of unbranched alkanes of at least 4 members (excludes halogenated alkanes) is 6. The van der Waals surface area contributed by atoms with Gasteiger partial charge in [-0.15, -0.1) is 24.0 Å². The van der Waals surface area contributed by atoms with Crippen LogP contribution in [0.5, 0.6) is 0 Å². The van der Waals surface area contributed by atoms with Gasteiger partial charge in [0.05, 0.1) is 6.20 Å². The van der Waals surface area contributed by atoms with E-state index >= 15 is 0 Å². The van der Waals surface area contributed by atoms with Crippen LogP contribution in [0.4, 0.5) is 0 Å². The fraction of sp³-hybridized carbons (Fsp3) is 0.789. The third-order valence-electron chi connectivity index (χ3n) is 4.96. The molecule has 1 aliphatic rings. The van der Waals surface area contributed by atoms with Gasteiger partial charge in [0.1, 0.15) is 0 Å². The topological polar surface area (TPSA) is 45.5 Å². The van der Waals surface area contributed by atoms with Crippen LogP contribution in [0.25, 0.3) is 0 Å². The lowest BCUT2D eigenvalue weighted by atomic mass is 10.0. The lowest BCUT2D eigenvalue weighted by molar-refractivity contribution is 0.482. The number of likely N-dealkylation sites (tertiary alicyclic amines) is 1. The molecule has 1 fully saturated rings. The Hall–Kier alpha value is -0.790. The van der Waals surface area contributed by atoms with Gasteiger partial charge in [0.25, 0.3) is 0 Å². The Morgan fingerprint density at radius 1 is 1.24 bits per heavy atom. The van der Waals surface area contributed by atoms with Crippen molar-refractivity contribution in [3.05, 3.63) is 18.0 Å². The van der Waals surface area contributed by atoms with E-state index in [1.807, 2.05) is 25.0 Å². The van der Waals surface area contributed by atoms with Crippen molar-refractivity contribution < 1.29 is 0 Å². The molecule has 0 bridgehead atoms. The number of aromatic nitrogens is 2. The minimum atomic E-state index is 0. The van der Waals surface area contributed by atoms with E-state index in [9.17, 15) is 0 Å². The molecule has 0 radical (unpaired) electrons. The van der Waals surface area contributed by atoms with Crippen LogP contribution in [0.15, 0.2) is 17.4 Å². The highest BCUT2D eigenvalue weighted by atomic mass is 127. The number of guanidine groups is 1. The van der Waals surface area contributed by atoms with Gasteiger partial charge in [-0.2, -0.15) is 5.10 Å². The van der Waals surface area contributed by atoms with Crippen LogP contribution in [0.1, 0.15) is 69.8 Å². The number of nitrogens with one attached hydrogen (secondary N) is 1. The molecule has 0 spiro atoms. The molecule has 1 atom stereocenters. The van der Waals surface area contributed by atoms with E-state index in [1.165, 1.54) is 56.9 Å². The van der Waals surface area contributed by atoms with Crippen LogP contribution in [-0.2, 0) is 7.05 Å². The zero-order chi connectivity index (χ0) is 17.2. The van der Waals surface area contributed by atoms with Gasteiger partial charge in [0.2, 0.25) is 0 Å². The summed E-state index contributed by atoms with van der Waals surface area (Å²) in [6.45, 7) is 5.43. The van der Waals surface area contributed by atoms with E-state index in [2.05, 4.69) is 33.4 Å². The second-order valence-electron chi connectivity index (χ2n) is 6.97. The van der Waals surface area contributed by atoms with Crippen molar-refractivity contribution in [2.24, 2.45) is 12.0 Å². The van der Waals surface area contributed by atoms with Crippen LogP contribution in [0.2, 0.25) is 0 Å². The van der Waals surface area contributed by atoms with Gasteiger partial charge in [-0.05, 0) is 18.4 Å². The van der Waals surface area contributed by atoms with Gasteiger partial charge < -0.3 is 10.2 Å². The highest BCUT2D eigenvalue weighted by molar-refractivity contribution is 14.0. The Bertz CT molecular complexity index is 500. The average Bonchev–Trinajstić information content (AvgIpc) is 3.22. The number of rotatable bonds is 9. The number of hydrogen-bond acceptors (Lipinski definition) is 2. The molecular weight excluding hydrogens is 425 g/mol. The molecule has 1 saturated heterocycles. The standard InChI is InChI=1S/C19H35N5.HI/c1-4-5-6-7-8-9-10-12-21-19(20-2)24-13-11-17(16-24)18-14-22-23(3)15-18;/h14-15,17H,4-13,16H2,1-3H3,(H,20,21);1H. The SMILES string of the molecule is CCCCCCCCCNC(=NC)N1CCC(c2cnn(C)c2)C1.I. The van der Waals surface area contributed by atoms with Gasteiger partial charge >= 0.3 is 0 Å². The molecule has 0 amide bonds. The van der Waals surface area contributed by atoms with Crippen molar-refractivity contribution in [2.45, 2.75) is 64.2 Å². The molecule has 2 rings (SSSR count). The summed E-state index contributed by atoms with van der Waals surface area (Å²) in [5.74, 6) is 1.64. The summed E-state index contributed by atoms with van der Waals surface area (Å²) in [7, 11) is 3.88. The fourth-order valence-corrected chi connectivity index (χ4v) is 3.49. The summed E-state index contributed by atoms with van der Waals surface area (Å²) in [6.07, 6.45) is 14.8. The van der Waals surface area contributed by atoms with Crippen molar-refractivity contribution in [3.63, 3.8) is 0 Å². The van der Waals surface area contributed by atoms with Crippen LogP contribution < -0.4 is 5.32 Å². The maximum atomic E-state index is 4.47. The molecule has 5 nitrogen and oxygen atoms in total. The molecule has 0 aliphatic carbocycles. The predicted molar refractivity (Wildman–Crippen MR) is 117 cm³/mol. The molecule has 1 aliphatic heterocycles. The first kappa shape index (κ1) is 22.3. The lowest BCUT2D eigenvalue weighted by Gasteiger charge is -2.21. The van der Waals surface area contributed by atoms with Gasteiger partial charge in [0, 0.05) is 45.8 Å². The fourth-order valence-electron chi connectivity index (χ4n) is 3.49. The Balaban J connectivity index is 0.00000312. The summed E-state index contributed by atoms with van der Waals surface area (Å²) in [5.41, 5.74) is 1.35. The molecule has 1 aromatic heterocycles. The maximum absolute atomic E-state index is 4.47. The number of halogens is 1. The summed E-state index contributed by atoms with van der Waals surface area (Å²) in [5, 5.41) is 7.85. The second kappa shape index (κ2) is 12.5. The molecular formula is C19H36IN5. The van der Waals surface area contributed by atoms with Crippen molar-refractivity contribution in [3.8, 4) is 0 Å². The summed E-state index contributed by atoms with van der Waals surface area (Å²) < 4.78 is 1.89. The first-order valence-electron chi connectivity index (χ1n) is 9.68.